The van der Waals surface area contributed by atoms with Crippen molar-refractivity contribution < 1.29 is 9.53 Å². The highest BCUT2D eigenvalue weighted by Gasteiger charge is 2.13. The number of hydrogen-bond acceptors (Lipinski definition) is 2. The van der Waals surface area contributed by atoms with E-state index in [0.29, 0.717) is 6.42 Å². The van der Waals surface area contributed by atoms with Gasteiger partial charge in [-0.2, -0.15) is 0 Å². The topological polar surface area (TPSA) is 26.3 Å². The van der Waals surface area contributed by atoms with Gasteiger partial charge in [-0.25, -0.2) is 0 Å². The number of rotatable bonds is 5. The Kier molecular flexibility index (Phi) is 5.22. The van der Waals surface area contributed by atoms with E-state index in [1.807, 2.05) is 6.92 Å². The predicted octanol–water partition coefficient (Wildman–Crippen LogP) is 1.78. The number of carbonyl (C=O) groups is 1. The van der Waals surface area contributed by atoms with Gasteiger partial charge in [0, 0.05) is 13.5 Å². The van der Waals surface area contributed by atoms with Gasteiger partial charge < -0.3 is 4.74 Å². The van der Waals surface area contributed by atoms with Crippen molar-refractivity contribution >= 4 is 5.78 Å². The number of Topliss-reactive ketones (excluding diaryl/α,β-unsaturated/α-hetero) is 1. The maximum atomic E-state index is 11.0. The van der Waals surface area contributed by atoms with Crippen molar-refractivity contribution in [3.05, 3.63) is 0 Å². The Morgan fingerprint density at radius 3 is 2.40 bits per heavy atom. The van der Waals surface area contributed by atoms with E-state index in [1.165, 1.54) is 0 Å². The zero-order chi connectivity index (χ0) is 7.98. The van der Waals surface area contributed by atoms with Gasteiger partial charge in [-0.1, -0.05) is 20.3 Å². The van der Waals surface area contributed by atoms with Gasteiger partial charge in [-0.3, -0.25) is 4.79 Å². The molecule has 1 unspecified atom stereocenters. The van der Waals surface area contributed by atoms with Crippen LogP contribution in [0.15, 0.2) is 0 Å². The molecule has 0 heterocycles. The summed E-state index contributed by atoms with van der Waals surface area (Å²) >= 11 is 0. The molecular weight excluding hydrogens is 128 g/mol. The van der Waals surface area contributed by atoms with Crippen molar-refractivity contribution in [2.75, 3.05) is 7.11 Å². The summed E-state index contributed by atoms with van der Waals surface area (Å²) in [4.78, 5) is 11.0. The van der Waals surface area contributed by atoms with E-state index >= 15 is 0 Å². The summed E-state index contributed by atoms with van der Waals surface area (Å²) in [5, 5.41) is 0. The Morgan fingerprint density at radius 1 is 1.50 bits per heavy atom. The molecule has 0 aliphatic rings. The fourth-order valence-corrected chi connectivity index (χ4v) is 0.900. The SMILES string of the molecule is CCCC(OC)C(=O)CC. The summed E-state index contributed by atoms with van der Waals surface area (Å²) in [6, 6.07) is 0. The molecule has 0 fully saturated rings. The second-order valence-electron chi connectivity index (χ2n) is 2.33. The highest BCUT2D eigenvalue weighted by atomic mass is 16.5. The lowest BCUT2D eigenvalue weighted by molar-refractivity contribution is -0.128. The van der Waals surface area contributed by atoms with Gasteiger partial charge in [0.1, 0.15) is 6.10 Å². The molecule has 0 amide bonds. The second-order valence-corrected chi connectivity index (χ2v) is 2.33. The van der Waals surface area contributed by atoms with Crippen LogP contribution in [0.25, 0.3) is 0 Å². The van der Waals surface area contributed by atoms with Gasteiger partial charge in [0.2, 0.25) is 0 Å². The van der Waals surface area contributed by atoms with Gasteiger partial charge in [-0.15, -0.1) is 0 Å². The van der Waals surface area contributed by atoms with Gasteiger partial charge in [-0.05, 0) is 6.42 Å². The quantitative estimate of drug-likeness (QED) is 0.588. The number of hydrogen-bond donors (Lipinski definition) is 0. The molecule has 0 aromatic rings. The molecule has 60 valence electrons. The Labute approximate surface area is 62.6 Å². The highest BCUT2D eigenvalue weighted by molar-refractivity contribution is 5.82. The molecule has 0 spiro atoms. The van der Waals surface area contributed by atoms with Crippen LogP contribution in [0.3, 0.4) is 0 Å². The number of carbonyl (C=O) groups excluding carboxylic acids is 1. The lowest BCUT2D eigenvalue weighted by Gasteiger charge is -2.10. The van der Waals surface area contributed by atoms with E-state index in [4.69, 9.17) is 4.74 Å². The summed E-state index contributed by atoms with van der Waals surface area (Å²) in [5.74, 6) is 0.212. The van der Waals surface area contributed by atoms with Gasteiger partial charge in [0.25, 0.3) is 0 Å². The van der Waals surface area contributed by atoms with E-state index < -0.39 is 0 Å². The predicted molar refractivity (Wildman–Crippen MR) is 41.0 cm³/mol. The second kappa shape index (κ2) is 5.42. The first kappa shape index (κ1) is 9.63. The lowest BCUT2D eigenvalue weighted by Crippen LogP contribution is -2.21. The highest BCUT2D eigenvalue weighted by Crippen LogP contribution is 2.03. The van der Waals surface area contributed by atoms with E-state index in [-0.39, 0.29) is 11.9 Å². The maximum Gasteiger partial charge on any atom is 0.161 e. The van der Waals surface area contributed by atoms with E-state index in [0.717, 1.165) is 12.8 Å². The van der Waals surface area contributed by atoms with Crippen LogP contribution in [0.5, 0.6) is 0 Å². The molecular formula is C8H16O2. The zero-order valence-corrected chi connectivity index (χ0v) is 7.02. The largest absolute Gasteiger partial charge is 0.374 e. The van der Waals surface area contributed by atoms with Crippen LogP contribution in [-0.4, -0.2) is 19.0 Å². The third kappa shape index (κ3) is 2.97. The van der Waals surface area contributed by atoms with E-state index in [9.17, 15) is 4.79 Å². The molecule has 0 aromatic heterocycles. The number of methoxy groups -OCH3 is 1. The minimum Gasteiger partial charge on any atom is -0.374 e. The standard InChI is InChI=1S/C8H16O2/c1-4-6-8(10-3)7(9)5-2/h8H,4-6H2,1-3H3. The smallest absolute Gasteiger partial charge is 0.161 e. The Bertz CT molecular complexity index is 99.4. The normalized spacial score (nSPS) is 13.1. The van der Waals surface area contributed by atoms with Crippen molar-refractivity contribution in [3.8, 4) is 0 Å². The zero-order valence-electron chi connectivity index (χ0n) is 7.02. The van der Waals surface area contributed by atoms with Crippen LogP contribution in [-0.2, 0) is 9.53 Å². The molecule has 0 bridgehead atoms. The third-order valence-electron chi connectivity index (χ3n) is 1.54. The fourth-order valence-electron chi connectivity index (χ4n) is 0.900. The molecule has 2 heteroatoms. The van der Waals surface area contributed by atoms with Gasteiger partial charge >= 0.3 is 0 Å². The van der Waals surface area contributed by atoms with Crippen LogP contribution in [0.1, 0.15) is 33.1 Å². The van der Waals surface area contributed by atoms with Gasteiger partial charge in [0.15, 0.2) is 5.78 Å². The molecule has 0 aliphatic carbocycles. The van der Waals surface area contributed by atoms with Crippen LogP contribution in [0.2, 0.25) is 0 Å². The molecule has 0 saturated heterocycles. The van der Waals surface area contributed by atoms with Crippen LogP contribution >= 0.6 is 0 Å². The van der Waals surface area contributed by atoms with Crippen LogP contribution in [0, 0.1) is 0 Å². The monoisotopic (exact) mass is 144 g/mol. The summed E-state index contributed by atoms with van der Waals surface area (Å²) in [6.07, 6.45) is 2.28. The van der Waals surface area contributed by atoms with E-state index in [2.05, 4.69) is 6.92 Å². The van der Waals surface area contributed by atoms with Crippen LogP contribution in [0.4, 0.5) is 0 Å². The first-order valence-electron chi connectivity index (χ1n) is 3.81. The van der Waals surface area contributed by atoms with Crippen molar-refractivity contribution in [1.29, 1.82) is 0 Å². The van der Waals surface area contributed by atoms with Crippen molar-refractivity contribution in [2.24, 2.45) is 0 Å². The number of ketones is 1. The minimum atomic E-state index is -0.157. The molecule has 10 heavy (non-hydrogen) atoms. The van der Waals surface area contributed by atoms with Crippen molar-refractivity contribution in [3.63, 3.8) is 0 Å². The van der Waals surface area contributed by atoms with Gasteiger partial charge in [0.05, 0.1) is 0 Å². The fraction of sp³-hybridized carbons (Fsp3) is 0.875. The molecule has 0 N–H and O–H groups in total. The average molecular weight is 144 g/mol. The summed E-state index contributed by atoms with van der Waals surface area (Å²) in [7, 11) is 1.59. The first-order valence-corrected chi connectivity index (χ1v) is 3.81. The molecule has 0 aromatic carbocycles. The molecule has 0 radical (unpaired) electrons. The van der Waals surface area contributed by atoms with E-state index in [1.54, 1.807) is 7.11 Å². The maximum absolute atomic E-state index is 11.0. The molecule has 2 nitrogen and oxygen atoms in total. The lowest BCUT2D eigenvalue weighted by atomic mass is 10.1. The Hall–Kier alpha value is -0.370. The summed E-state index contributed by atoms with van der Waals surface area (Å²) < 4.78 is 4.99. The van der Waals surface area contributed by atoms with Crippen LogP contribution < -0.4 is 0 Å². The molecule has 1 atom stereocenters. The number of ether oxygens (including phenoxy) is 1. The molecule has 0 saturated carbocycles. The average Bonchev–Trinajstić information content (AvgIpc) is 1.99. The first-order chi connectivity index (χ1) is 4.76. The third-order valence-corrected chi connectivity index (χ3v) is 1.54. The Morgan fingerprint density at radius 2 is 2.10 bits per heavy atom. The summed E-state index contributed by atoms with van der Waals surface area (Å²) in [5.41, 5.74) is 0. The van der Waals surface area contributed by atoms with Crippen molar-refractivity contribution in [2.45, 2.75) is 39.2 Å². The molecule has 0 aliphatic heterocycles. The Balaban J connectivity index is 3.68. The van der Waals surface area contributed by atoms with Crippen molar-refractivity contribution in [1.82, 2.24) is 0 Å². The minimum absolute atomic E-state index is 0.157. The summed E-state index contributed by atoms with van der Waals surface area (Å²) in [6.45, 7) is 3.92. The molecule has 0 rings (SSSR count).